The minimum Gasteiger partial charge on any atom is -0.383 e. The molecule has 2 nitrogen and oxygen atoms in total. The maximum atomic E-state index is 6.04. The van der Waals surface area contributed by atoms with Crippen LogP contribution in [-0.4, -0.2) is 5.84 Å². The third-order valence-electron chi connectivity index (χ3n) is 3.46. The lowest BCUT2D eigenvalue weighted by Gasteiger charge is -2.23. The van der Waals surface area contributed by atoms with Gasteiger partial charge in [0.25, 0.3) is 0 Å². The average molecular weight is 301 g/mol. The number of fused-ring (bicyclic) bond motifs is 1. The van der Waals surface area contributed by atoms with Gasteiger partial charge >= 0.3 is 0 Å². The highest BCUT2D eigenvalue weighted by Gasteiger charge is 2.36. The highest BCUT2D eigenvalue weighted by Crippen LogP contribution is 2.40. The fourth-order valence-corrected chi connectivity index (χ4v) is 2.90. The van der Waals surface area contributed by atoms with E-state index in [0.717, 1.165) is 15.6 Å². The van der Waals surface area contributed by atoms with Crippen LogP contribution < -0.4 is 5.73 Å². The van der Waals surface area contributed by atoms with Gasteiger partial charge in [0.05, 0.1) is 0 Å². The van der Waals surface area contributed by atoms with Gasteiger partial charge in [0.2, 0.25) is 0 Å². The second kappa shape index (κ2) is 3.95. The molecule has 18 heavy (non-hydrogen) atoms. The molecule has 3 heteroatoms. The Balaban J connectivity index is 2.24. The molecule has 1 atom stereocenters. The van der Waals surface area contributed by atoms with E-state index in [4.69, 9.17) is 5.73 Å². The summed E-state index contributed by atoms with van der Waals surface area (Å²) in [5.74, 6) is 0.619. The molecule has 0 aliphatic carbocycles. The molecule has 0 saturated heterocycles. The van der Waals surface area contributed by atoms with Crippen molar-refractivity contribution in [3.8, 4) is 0 Å². The number of rotatable bonds is 1. The van der Waals surface area contributed by atoms with E-state index in [1.807, 2.05) is 30.3 Å². The summed E-state index contributed by atoms with van der Waals surface area (Å²) in [6.07, 6.45) is 0. The Morgan fingerprint density at radius 3 is 2.67 bits per heavy atom. The summed E-state index contributed by atoms with van der Waals surface area (Å²) in [7, 11) is 0. The number of halogens is 1. The average Bonchev–Trinajstić information content (AvgIpc) is 2.64. The third-order valence-corrected chi connectivity index (χ3v) is 3.95. The van der Waals surface area contributed by atoms with Crippen LogP contribution in [0.15, 0.2) is 58.0 Å². The van der Waals surface area contributed by atoms with Gasteiger partial charge in [-0.3, -0.25) is 4.99 Å². The van der Waals surface area contributed by atoms with Crippen molar-refractivity contribution in [1.82, 2.24) is 0 Å². The van der Waals surface area contributed by atoms with E-state index < -0.39 is 0 Å². The molecular weight excluding hydrogens is 288 g/mol. The summed E-state index contributed by atoms with van der Waals surface area (Å²) >= 11 is 3.51. The highest BCUT2D eigenvalue weighted by molar-refractivity contribution is 9.10. The molecule has 2 aromatic carbocycles. The van der Waals surface area contributed by atoms with E-state index >= 15 is 0 Å². The summed E-state index contributed by atoms with van der Waals surface area (Å²) in [5, 5.41) is 0. The number of aliphatic imine (C=N–C) groups is 1. The Morgan fingerprint density at radius 1 is 1.11 bits per heavy atom. The monoisotopic (exact) mass is 300 g/mol. The number of nitrogens with two attached hydrogens (primary N) is 1. The summed E-state index contributed by atoms with van der Waals surface area (Å²) in [6, 6.07) is 16.4. The van der Waals surface area contributed by atoms with Crippen molar-refractivity contribution in [3.05, 3.63) is 69.7 Å². The minimum atomic E-state index is -0.384. The number of nitrogens with zero attached hydrogens (tertiary/aromatic N) is 1. The molecule has 1 heterocycles. The maximum absolute atomic E-state index is 6.04. The molecule has 3 rings (SSSR count). The molecule has 2 aromatic rings. The van der Waals surface area contributed by atoms with Crippen LogP contribution >= 0.6 is 15.9 Å². The molecule has 1 aliphatic heterocycles. The van der Waals surface area contributed by atoms with Crippen LogP contribution in [0.2, 0.25) is 0 Å². The molecule has 2 N–H and O–H groups in total. The van der Waals surface area contributed by atoms with Crippen molar-refractivity contribution in [3.63, 3.8) is 0 Å². The number of hydrogen-bond donors (Lipinski definition) is 1. The molecule has 90 valence electrons. The van der Waals surface area contributed by atoms with Crippen LogP contribution in [0.4, 0.5) is 0 Å². The fourth-order valence-electron chi connectivity index (χ4n) is 2.50. The zero-order chi connectivity index (χ0) is 12.8. The van der Waals surface area contributed by atoms with Crippen molar-refractivity contribution >= 4 is 21.8 Å². The van der Waals surface area contributed by atoms with E-state index in [1.165, 1.54) is 5.56 Å². The molecule has 0 radical (unpaired) electrons. The van der Waals surface area contributed by atoms with Crippen LogP contribution in [0.1, 0.15) is 23.6 Å². The summed E-state index contributed by atoms with van der Waals surface area (Å²) in [5.41, 5.74) is 9.00. The van der Waals surface area contributed by atoms with Crippen molar-refractivity contribution < 1.29 is 0 Å². The molecule has 1 unspecified atom stereocenters. The lowest BCUT2D eigenvalue weighted by molar-refractivity contribution is 0.620. The van der Waals surface area contributed by atoms with Crippen molar-refractivity contribution in [1.29, 1.82) is 0 Å². The second-order valence-corrected chi connectivity index (χ2v) is 5.54. The van der Waals surface area contributed by atoms with Gasteiger partial charge in [-0.2, -0.15) is 0 Å². The van der Waals surface area contributed by atoms with Gasteiger partial charge in [-0.05, 0) is 30.2 Å². The lowest BCUT2D eigenvalue weighted by atomic mass is 9.85. The smallest absolute Gasteiger partial charge is 0.127 e. The van der Waals surface area contributed by atoms with Crippen LogP contribution in [0.25, 0.3) is 0 Å². The van der Waals surface area contributed by atoms with Crippen molar-refractivity contribution in [2.75, 3.05) is 0 Å². The number of hydrogen-bond acceptors (Lipinski definition) is 2. The van der Waals surface area contributed by atoms with Gasteiger partial charge in [-0.1, -0.05) is 52.3 Å². The van der Waals surface area contributed by atoms with Crippen LogP contribution in [-0.2, 0) is 5.54 Å². The van der Waals surface area contributed by atoms with Gasteiger partial charge in [0.1, 0.15) is 11.4 Å². The Kier molecular flexibility index (Phi) is 2.52. The number of amidine groups is 1. The van der Waals surface area contributed by atoms with Gasteiger partial charge in [-0.25, -0.2) is 0 Å². The van der Waals surface area contributed by atoms with Crippen molar-refractivity contribution in [2.24, 2.45) is 10.7 Å². The SMILES string of the molecule is CC1(c2cccc(Br)c2)N=C(N)c2ccccc21. The van der Waals surface area contributed by atoms with Crippen LogP contribution in [0.5, 0.6) is 0 Å². The molecule has 0 amide bonds. The summed E-state index contributed by atoms with van der Waals surface area (Å²) in [4.78, 5) is 4.67. The molecule has 0 saturated carbocycles. The Labute approximate surface area is 115 Å². The minimum absolute atomic E-state index is 0.384. The third kappa shape index (κ3) is 1.58. The predicted molar refractivity (Wildman–Crippen MR) is 77.8 cm³/mol. The first-order valence-corrected chi connectivity index (χ1v) is 6.62. The van der Waals surface area contributed by atoms with Gasteiger partial charge in [0.15, 0.2) is 0 Å². The topological polar surface area (TPSA) is 38.4 Å². The lowest BCUT2D eigenvalue weighted by Crippen LogP contribution is -2.18. The van der Waals surface area contributed by atoms with E-state index in [2.05, 4.69) is 46.0 Å². The normalized spacial score (nSPS) is 21.6. The van der Waals surface area contributed by atoms with E-state index in [-0.39, 0.29) is 5.54 Å². The van der Waals surface area contributed by atoms with Gasteiger partial charge < -0.3 is 5.73 Å². The second-order valence-electron chi connectivity index (χ2n) is 4.63. The molecule has 0 aromatic heterocycles. The first-order valence-electron chi connectivity index (χ1n) is 5.82. The molecule has 0 spiro atoms. The van der Waals surface area contributed by atoms with Gasteiger partial charge in [0, 0.05) is 10.0 Å². The summed E-state index contributed by atoms with van der Waals surface area (Å²) in [6.45, 7) is 2.10. The zero-order valence-electron chi connectivity index (χ0n) is 10.0. The van der Waals surface area contributed by atoms with E-state index in [1.54, 1.807) is 0 Å². The van der Waals surface area contributed by atoms with E-state index in [9.17, 15) is 0 Å². The standard InChI is InChI=1S/C15H13BrN2/c1-15(10-5-4-6-11(16)9-10)13-8-3-2-7-12(13)14(17)18-15/h2-9H,1H3,(H2,17,18). The quantitative estimate of drug-likeness (QED) is 0.861. The predicted octanol–water partition coefficient (Wildman–Crippen LogP) is 3.43. The summed E-state index contributed by atoms with van der Waals surface area (Å²) < 4.78 is 1.05. The molecule has 0 fully saturated rings. The maximum Gasteiger partial charge on any atom is 0.127 e. The first kappa shape index (κ1) is 11.5. The largest absolute Gasteiger partial charge is 0.383 e. The Hall–Kier alpha value is -1.61. The van der Waals surface area contributed by atoms with Gasteiger partial charge in [-0.15, -0.1) is 0 Å². The van der Waals surface area contributed by atoms with E-state index in [0.29, 0.717) is 5.84 Å². The highest BCUT2D eigenvalue weighted by atomic mass is 79.9. The zero-order valence-corrected chi connectivity index (χ0v) is 11.6. The Morgan fingerprint density at radius 2 is 1.89 bits per heavy atom. The van der Waals surface area contributed by atoms with Crippen LogP contribution in [0, 0.1) is 0 Å². The van der Waals surface area contributed by atoms with Crippen LogP contribution in [0.3, 0.4) is 0 Å². The first-order chi connectivity index (χ1) is 8.61. The Bertz CT molecular complexity index is 648. The number of benzene rings is 2. The fraction of sp³-hybridized carbons (Fsp3) is 0.133. The van der Waals surface area contributed by atoms with Crippen molar-refractivity contribution in [2.45, 2.75) is 12.5 Å². The molecular formula is C15H13BrN2. The molecule has 0 bridgehead atoms. The molecule has 1 aliphatic rings.